The van der Waals surface area contributed by atoms with E-state index in [1.807, 2.05) is 6.92 Å². The fourth-order valence-corrected chi connectivity index (χ4v) is 2.37. The summed E-state index contributed by atoms with van der Waals surface area (Å²) in [6.07, 6.45) is 0.974. The quantitative estimate of drug-likeness (QED) is 0.735. The van der Waals surface area contributed by atoms with E-state index in [1.165, 1.54) is 0 Å². The molecule has 0 bridgehead atoms. The zero-order chi connectivity index (χ0) is 11.2. The first-order chi connectivity index (χ1) is 7.00. The van der Waals surface area contributed by atoms with E-state index in [-0.39, 0.29) is 23.7 Å². The maximum absolute atomic E-state index is 11.9. The summed E-state index contributed by atoms with van der Waals surface area (Å²) in [6.45, 7) is 4.98. The van der Waals surface area contributed by atoms with Gasteiger partial charge in [-0.25, -0.2) is 0 Å². The van der Waals surface area contributed by atoms with Gasteiger partial charge in [-0.2, -0.15) is 0 Å². The van der Waals surface area contributed by atoms with Crippen LogP contribution in [0.15, 0.2) is 0 Å². The van der Waals surface area contributed by atoms with Gasteiger partial charge in [-0.05, 0) is 18.3 Å². The van der Waals surface area contributed by atoms with E-state index in [1.54, 1.807) is 4.90 Å². The average Bonchev–Trinajstić information content (AvgIpc) is 2.73. The normalized spacial score (nSPS) is 39.2. The highest BCUT2D eigenvalue weighted by molar-refractivity contribution is 5.83. The fourth-order valence-electron chi connectivity index (χ4n) is 2.37. The average molecular weight is 211 g/mol. The van der Waals surface area contributed by atoms with E-state index in [9.17, 15) is 9.59 Å². The number of hydrogen-bond acceptors (Lipinski definition) is 2. The second-order valence-corrected chi connectivity index (χ2v) is 4.98. The highest BCUT2D eigenvalue weighted by Crippen LogP contribution is 2.40. The lowest BCUT2D eigenvalue weighted by atomic mass is 9.99. The number of carboxylic acids is 1. The van der Waals surface area contributed by atoms with Crippen molar-refractivity contribution in [1.29, 1.82) is 0 Å². The molecule has 1 aliphatic heterocycles. The van der Waals surface area contributed by atoms with Gasteiger partial charge >= 0.3 is 5.97 Å². The molecule has 0 spiro atoms. The Bertz CT molecular complexity index is 302. The lowest BCUT2D eigenvalue weighted by molar-refractivity contribution is -0.142. The number of carboxylic acid groups (broad SMARTS) is 1. The van der Waals surface area contributed by atoms with E-state index in [0.29, 0.717) is 19.0 Å². The van der Waals surface area contributed by atoms with Crippen molar-refractivity contribution in [3.05, 3.63) is 0 Å². The molecule has 0 radical (unpaired) electrons. The topological polar surface area (TPSA) is 57.6 Å². The molecule has 2 unspecified atom stereocenters. The van der Waals surface area contributed by atoms with Gasteiger partial charge in [0.1, 0.15) is 0 Å². The van der Waals surface area contributed by atoms with Crippen molar-refractivity contribution in [2.45, 2.75) is 20.3 Å². The van der Waals surface area contributed by atoms with E-state index in [4.69, 9.17) is 5.11 Å². The Hall–Kier alpha value is -1.06. The molecule has 15 heavy (non-hydrogen) atoms. The Balaban J connectivity index is 1.96. The van der Waals surface area contributed by atoms with Crippen LogP contribution >= 0.6 is 0 Å². The van der Waals surface area contributed by atoms with Crippen molar-refractivity contribution < 1.29 is 14.7 Å². The molecule has 4 nitrogen and oxygen atoms in total. The van der Waals surface area contributed by atoms with Gasteiger partial charge in [0.2, 0.25) is 5.91 Å². The molecule has 1 amide bonds. The number of carbonyl (C=O) groups is 2. The number of likely N-dealkylation sites (tertiary alicyclic amines) is 1. The van der Waals surface area contributed by atoms with Gasteiger partial charge in [-0.3, -0.25) is 9.59 Å². The lowest BCUT2D eigenvalue weighted by Gasteiger charge is -2.15. The predicted octanol–water partition coefficient (Wildman–Crippen LogP) is 0.821. The SMILES string of the molecule is CC1CC1C(=O)N1C[C@@H](C)[C@H](C(=O)O)C1. The first-order valence-corrected chi connectivity index (χ1v) is 5.52. The molecule has 2 aliphatic rings. The highest BCUT2D eigenvalue weighted by atomic mass is 16.4. The minimum absolute atomic E-state index is 0.0838. The number of aliphatic carboxylic acids is 1. The zero-order valence-corrected chi connectivity index (χ0v) is 9.14. The first kappa shape index (κ1) is 10.5. The molecule has 1 saturated carbocycles. The smallest absolute Gasteiger partial charge is 0.308 e. The summed E-state index contributed by atoms with van der Waals surface area (Å²) in [5, 5.41) is 8.95. The van der Waals surface area contributed by atoms with Crippen LogP contribution in [0.2, 0.25) is 0 Å². The molecule has 1 aliphatic carbocycles. The molecule has 1 N–H and O–H groups in total. The number of rotatable bonds is 2. The van der Waals surface area contributed by atoms with Crippen LogP contribution in [0.5, 0.6) is 0 Å². The van der Waals surface area contributed by atoms with Crippen LogP contribution in [-0.4, -0.2) is 35.0 Å². The highest BCUT2D eigenvalue weighted by Gasteiger charge is 2.45. The van der Waals surface area contributed by atoms with Gasteiger partial charge in [0, 0.05) is 19.0 Å². The summed E-state index contributed by atoms with van der Waals surface area (Å²) >= 11 is 0. The number of nitrogens with zero attached hydrogens (tertiary/aromatic N) is 1. The van der Waals surface area contributed by atoms with Crippen molar-refractivity contribution in [3.63, 3.8) is 0 Å². The van der Waals surface area contributed by atoms with Gasteiger partial charge < -0.3 is 10.0 Å². The molecule has 84 valence electrons. The summed E-state index contributed by atoms with van der Waals surface area (Å²) in [5.41, 5.74) is 0. The summed E-state index contributed by atoms with van der Waals surface area (Å²) < 4.78 is 0. The third-order valence-corrected chi connectivity index (χ3v) is 3.67. The molecule has 1 heterocycles. The van der Waals surface area contributed by atoms with Gasteiger partial charge in [0.05, 0.1) is 5.92 Å². The van der Waals surface area contributed by atoms with Gasteiger partial charge in [0.15, 0.2) is 0 Å². The summed E-state index contributed by atoms with van der Waals surface area (Å²) in [7, 11) is 0. The molecule has 2 fully saturated rings. The number of hydrogen-bond donors (Lipinski definition) is 1. The van der Waals surface area contributed by atoms with Crippen LogP contribution in [0.25, 0.3) is 0 Å². The molecular formula is C11H17NO3. The van der Waals surface area contributed by atoms with Crippen LogP contribution in [0.3, 0.4) is 0 Å². The standard InChI is InChI=1S/C11H17NO3/c1-6-3-8(6)10(13)12-4-7(2)9(5-12)11(14)15/h6-9H,3-5H2,1-2H3,(H,14,15)/t6?,7-,8?,9-/m1/s1. The molecule has 2 rings (SSSR count). The zero-order valence-electron chi connectivity index (χ0n) is 9.14. The molecule has 4 heteroatoms. The van der Waals surface area contributed by atoms with Crippen molar-refractivity contribution in [3.8, 4) is 0 Å². The Morgan fingerprint density at radius 2 is 1.73 bits per heavy atom. The minimum Gasteiger partial charge on any atom is -0.481 e. The van der Waals surface area contributed by atoms with E-state index >= 15 is 0 Å². The van der Waals surface area contributed by atoms with E-state index in [0.717, 1.165) is 6.42 Å². The monoisotopic (exact) mass is 211 g/mol. The van der Waals surface area contributed by atoms with Gasteiger partial charge in [-0.1, -0.05) is 13.8 Å². The van der Waals surface area contributed by atoms with E-state index < -0.39 is 5.97 Å². The van der Waals surface area contributed by atoms with E-state index in [2.05, 4.69) is 6.92 Å². The first-order valence-electron chi connectivity index (χ1n) is 5.52. The van der Waals surface area contributed by atoms with Gasteiger partial charge in [0.25, 0.3) is 0 Å². The Morgan fingerprint density at radius 1 is 1.13 bits per heavy atom. The molecule has 0 aromatic carbocycles. The van der Waals surface area contributed by atoms with Crippen LogP contribution in [0, 0.1) is 23.7 Å². The molecule has 1 saturated heterocycles. The second kappa shape index (κ2) is 3.51. The molecule has 0 aromatic rings. The van der Waals surface area contributed by atoms with Crippen molar-refractivity contribution in [1.82, 2.24) is 4.90 Å². The Morgan fingerprint density at radius 3 is 2.13 bits per heavy atom. The Kier molecular flexibility index (Phi) is 2.44. The Labute approximate surface area is 89.3 Å². The molecule has 0 aromatic heterocycles. The second-order valence-electron chi connectivity index (χ2n) is 4.98. The minimum atomic E-state index is -0.776. The van der Waals surface area contributed by atoms with Crippen molar-refractivity contribution in [2.24, 2.45) is 23.7 Å². The maximum Gasteiger partial charge on any atom is 0.308 e. The fraction of sp³-hybridized carbons (Fsp3) is 0.818. The van der Waals surface area contributed by atoms with Crippen LogP contribution in [-0.2, 0) is 9.59 Å². The van der Waals surface area contributed by atoms with Crippen LogP contribution in [0.4, 0.5) is 0 Å². The third kappa shape index (κ3) is 1.85. The lowest BCUT2D eigenvalue weighted by Crippen LogP contribution is -2.31. The molecule has 4 atom stereocenters. The largest absolute Gasteiger partial charge is 0.481 e. The van der Waals surface area contributed by atoms with Crippen molar-refractivity contribution in [2.75, 3.05) is 13.1 Å². The number of carbonyl (C=O) groups excluding carboxylic acids is 1. The third-order valence-electron chi connectivity index (χ3n) is 3.67. The van der Waals surface area contributed by atoms with Crippen LogP contribution in [0.1, 0.15) is 20.3 Å². The predicted molar refractivity (Wildman–Crippen MR) is 54.1 cm³/mol. The molecular weight excluding hydrogens is 194 g/mol. The van der Waals surface area contributed by atoms with Crippen molar-refractivity contribution >= 4 is 11.9 Å². The maximum atomic E-state index is 11.9. The summed E-state index contributed by atoms with van der Waals surface area (Å²) in [5.74, 6) is -0.232. The van der Waals surface area contributed by atoms with Crippen LogP contribution < -0.4 is 0 Å². The summed E-state index contributed by atoms with van der Waals surface area (Å²) in [4.78, 5) is 24.5. The summed E-state index contributed by atoms with van der Waals surface area (Å²) in [6, 6.07) is 0. The van der Waals surface area contributed by atoms with Gasteiger partial charge in [-0.15, -0.1) is 0 Å². The number of amides is 1.